The first-order chi connectivity index (χ1) is 4.85. The summed E-state index contributed by atoms with van der Waals surface area (Å²) in [5, 5.41) is 0. The van der Waals surface area contributed by atoms with Crippen LogP contribution in [0.4, 0.5) is 0 Å². The second kappa shape index (κ2) is 10.6. The van der Waals surface area contributed by atoms with Gasteiger partial charge in [-0.25, -0.2) is 0 Å². The van der Waals surface area contributed by atoms with Crippen molar-refractivity contribution in [1.29, 1.82) is 0 Å². The molecule has 0 aromatic carbocycles. The highest BCUT2D eigenvalue weighted by Crippen LogP contribution is 2.35. The summed E-state index contributed by atoms with van der Waals surface area (Å²) in [6.07, 6.45) is 6.94. The summed E-state index contributed by atoms with van der Waals surface area (Å²) in [6, 6.07) is 0. The number of carbonyl (C=O) groups is 1. The van der Waals surface area contributed by atoms with Crippen LogP contribution in [0, 0.1) is 0 Å². The lowest BCUT2D eigenvalue weighted by molar-refractivity contribution is -0.105. The molecule has 68 valence electrons. The quantitative estimate of drug-likeness (QED) is 0.516. The number of rotatable bonds is 6. The van der Waals surface area contributed by atoms with Gasteiger partial charge in [-0.15, -0.1) is 17.0 Å². The molecule has 11 heavy (non-hydrogen) atoms. The van der Waals surface area contributed by atoms with Crippen molar-refractivity contribution in [2.24, 2.45) is 0 Å². The van der Waals surface area contributed by atoms with Gasteiger partial charge in [0.1, 0.15) is 6.29 Å². The minimum atomic E-state index is 0. The summed E-state index contributed by atoms with van der Waals surface area (Å²) in [6.45, 7) is 4.38. The summed E-state index contributed by atoms with van der Waals surface area (Å²) in [5.41, 5.74) is 0. The van der Waals surface area contributed by atoms with Crippen LogP contribution in [0.3, 0.4) is 0 Å². The Balaban J connectivity index is 0. The fourth-order valence-corrected chi connectivity index (χ4v) is 3.10. The Morgan fingerprint density at radius 3 is 1.91 bits per heavy atom. The Bertz CT molecular complexity index is 82.2. The van der Waals surface area contributed by atoms with Crippen LogP contribution >= 0.6 is 24.9 Å². The highest BCUT2D eigenvalue weighted by Gasteiger charge is 2.02. The van der Waals surface area contributed by atoms with E-state index in [4.69, 9.17) is 0 Å². The van der Waals surface area contributed by atoms with E-state index in [0.717, 1.165) is 12.4 Å². The van der Waals surface area contributed by atoms with Gasteiger partial charge in [0.15, 0.2) is 0 Å². The first-order valence-electron chi connectivity index (χ1n) is 4.01. The molecule has 0 aliphatic rings. The molecule has 0 aliphatic carbocycles. The van der Waals surface area contributed by atoms with Crippen molar-refractivity contribution in [2.45, 2.75) is 26.7 Å². The minimum Gasteiger partial charge on any atom is -0.303 e. The molecule has 0 saturated heterocycles. The molecule has 0 radical (unpaired) electrons. The number of carbonyl (C=O) groups excluding carboxylic acids is 1. The summed E-state index contributed by atoms with van der Waals surface area (Å²) in [5.74, 6) is 0. The van der Waals surface area contributed by atoms with Crippen LogP contribution in [0.2, 0.25) is 0 Å². The van der Waals surface area contributed by atoms with Gasteiger partial charge in [0.2, 0.25) is 0 Å². The molecule has 0 rings (SSSR count). The Morgan fingerprint density at radius 1 is 1.18 bits per heavy atom. The lowest BCUT2D eigenvalue weighted by atomic mass is 10.6. The molecule has 0 aromatic rings. The molecule has 0 saturated carbocycles. The first-order valence-corrected chi connectivity index (χ1v) is 5.90. The van der Waals surface area contributed by atoms with Gasteiger partial charge in [-0.2, -0.15) is 0 Å². The number of hydrogen-bond acceptors (Lipinski definition) is 1. The first kappa shape index (κ1) is 14.1. The molecule has 0 aromatic heterocycles. The normalized spacial score (nSPS) is 9.36. The molecular weight excluding hydrogens is 223 g/mol. The predicted octanol–water partition coefficient (Wildman–Crippen LogP) is 3.07. The monoisotopic (exact) mass is 240 g/mol. The number of halogens is 1. The fourth-order valence-electron chi connectivity index (χ4n) is 1.03. The summed E-state index contributed by atoms with van der Waals surface area (Å²) in [4.78, 5) is 10.2. The van der Waals surface area contributed by atoms with E-state index < -0.39 is 0 Å². The molecule has 0 N–H and O–H groups in total. The average Bonchev–Trinajstić information content (AvgIpc) is 1.90. The smallest absolute Gasteiger partial charge is 0.124 e. The van der Waals surface area contributed by atoms with E-state index in [0.29, 0.717) is 0 Å². The second-order valence-corrected chi connectivity index (χ2v) is 5.07. The van der Waals surface area contributed by atoms with E-state index in [-0.39, 0.29) is 24.9 Å². The second-order valence-electron chi connectivity index (χ2n) is 2.47. The van der Waals surface area contributed by atoms with Crippen molar-refractivity contribution in [3.63, 3.8) is 0 Å². The molecule has 0 heterocycles. The largest absolute Gasteiger partial charge is 0.303 e. The molecular formula is C8H18BrOP. The van der Waals surface area contributed by atoms with E-state index in [2.05, 4.69) is 13.8 Å². The molecule has 0 spiro atoms. The maximum Gasteiger partial charge on any atom is 0.124 e. The Kier molecular flexibility index (Phi) is 13.6. The van der Waals surface area contributed by atoms with Crippen LogP contribution in [0.25, 0.3) is 0 Å². The van der Waals surface area contributed by atoms with Gasteiger partial charge >= 0.3 is 0 Å². The van der Waals surface area contributed by atoms with Crippen LogP contribution < -0.4 is 0 Å². The third kappa shape index (κ3) is 8.49. The van der Waals surface area contributed by atoms with E-state index in [9.17, 15) is 4.79 Å². The topological polar surface area (TPSA) is 17.1 Å². The maximum absolute atomic E-state index is 10.2. The Labute approximate surface area is 81.5 Å². The molecule has 0 amide bonds. The summed E-state index contributed by atoms with van der Waals surface area (Å²) >= 11 is 0. The molecule has 0 unspecified atom stereocenters. The van der Waals surface area contributed by atoms with Gasteiger partial charge in [0.25, 0.3) is 0 Å². The van der Waals surface area contributed by atoms with Crippen LogP contribution in [0.5, 0.6) is 0 Å². The van der Waals surface area contributed by atoms with Gasteiger partial charge in [0.05, 0.1) is 0 Å². The SMILES string of the molecule is Br.CCCP(CC=O)CCC. The highest BCUT2D eigenvalue weighted by atomic mass is 79.9. The fraction of sp³-hybridized carbons (Fsp3) is 0.875. The zero-order chi connectivity index (χ0) is 7.82. The number of aldehydes is 1. The molecule has 0 bridgehead atoms. The lowest BCUT2D eigenvalue weighted by Crippen LogP contribution is -1.94. The van der Waals surface area contributed by atoms with Crippen LogP contribution in [-0.4, -0.2) is 24.8 Å². The Morgan fingerprint density at radius 2 is 1.64 bits per heavy atom. The van der Waals surface area contributed by atoms with E-state index in [1.807, 2.05) is 0 Å². The van der Waals surface area contributed by atoms with Gasteiger partial charge in [0, 0.05) is 6.16 Å². The van der Waals surface area contributed by atoms with Crippen LogP contribution in [-0.2, 0) is 4.79 Å². The highest BCUT2D eigenvalue weighted by molar-refractivity contribution is 8.93. The Hall–Kier alpha value is 0.580. The average molecular weight is 241 g/mol. The molecule has 0 atom stereocenters. The van der Waals surface area contributed by atoms with E-state index in [1.165, 1.54) is 25.2 Å². The van der Waals surface area contributed by atoms with Crippen LogP contribution in [0.1, 0.15) is 26.7 Å². The molecule has 0 aliphatic heterocycles. The predicted molar refractivity (Wildman–Crippen MR) is 58.5 cm³/mol. The van der Waals surface area contributed by atoms with Crippen molar-refractivity contribution < 1.29 is 4.79 Å². The molecule has 0 fully saturated rings. The zero-order valence-corrected chi connectivity index (χ0v) is 9.98. The summed E-state index contributed by atoms with van der Waals surface area (Å²) in [7, 11) is 0.0710. The van der Waals surface area contributed by atoms with Gasteiger partial charge < -0.3 is 4.79 Å². The van der Waals surface area contributed by atoms with Crippen LogP contribution in [0.15, 0.2) is 0 Å². The van der Waals surface area contributed by atoms with E-state index >= 15 is 0 Å². The van der Waals surface area contributed by atoms with Crippen molar-refractivity contribution in [1.82, 2.24) is 0 Å². The van der Waals surface area contributed by atoms with Crippen molar-refractivity contribution in [3.8, 4) is 0 Å². The minimum absolute atomic E-state index is 0. The van der Waals surface area contributed by atoms with Crippen molar-refractivity contribution >= 4 is 31.2 Å². The van der Waals surface area contributed by atoms with Gasteiger partial charge in [-0.1, -0.05) is 34.6 Å². The van der Waals surface area contributed by atoms with Crippen molar-refractivity contribution in [2.75, 3.05) is 18.5 Å². The third-order valence-electron chi connectivity index (χ3n) is 1.41. The van der Waals surface area contributed by atoms with E-state index in [1.54, 1.807) is 0 Å². The lowest BCUT2D eigenvalue weighted by Gasteiger charge is -2.11. The summed E-state index contributed by atoms with van der Waals surface area (Å²) < 4.78 is 0. The van der Waals surface area contributed by atoms with Gasteiger partial charge in [-0.05, 0) is 12.3 Å². The number of hydrogen-bond donors (Lipinski definition) is 0. The molecule has 1 nitrogen and oxygen atoms in total. The standard InChI is InChI=1S/C8H17OP.BrH/c1-3-6-10(7-4-2)8-5-9;/h5H,3-4,6-8H2,1-2H3;1H. The maximum atomic E-state index is 10.2. The zero-order valence-electron chi connectivity index (χ0n) is 7.38. The van der Waals surface area contributed by atoms with Gasteiger partial charge in [-0.3, -0.25) is 0 Å². The molecule has 3 heteroatoms. The van der Waals surface area contributed by atoms with Crippen molar-refractivity contribution in [3.05, 3.63) is 0 Å². The third-order valence-corrected chi connectivity index (χ3v) is 4.24.